The van der Waals surface area contributed by atoms with Gasteiger partial charge in [0.2, 0.25) is 0 Å². The molecule has 0 radical (unpaired) electrons. The molecule has 0 heterocycles. The van der Waals surface area contributed by atoms with Crippen LogP contribution in [0, 0.1) is 0 Å². The molecule has 4 nitrogen and oxygen atoms in total. The van der Waals surface area contributed by atoms with Crippen LogP contribution in [0.5, 0.6) is 0 Å². The van der Waals surface area contributed by atoms with E-state index in [0.29, 0.717) is 0 Å². The minimum Gasteiger partial charge on any atom is -0.357 e. The van der Waals surface area contributed by atoms with E-state index < -0.39 is 0 Å². The summed E-state index contributed by atoms with van der Waals surface area (Å²) in [6.45, 7) is 13.5. The standard InChI is InChI=1S/C17H30N4.HI/c1-5-18-17(19-13-14-21(6-2)7-3)20-15(4)16-11-9-8-10-12-16;/h8-12,15H,5-7,13-14H2,1-4H3,(H2,18,19,20);1H. The highest BCUT2D eigenvalue weighted by Gasteiger charge is 2.07. The van der Waals surface area contributed by atoms with Crippen LogP contribution in [0.2, 0.25) is 0 Å². The SMILES string of the molecule is CCNC(=NCCN(CC)CC)NC(C)c1ccccc1.I. The normalized spacial score (nSPS) is 12.7. The van der Waals surface area contributed by atoms with E-state index in [9.17, 15) is 0 Å². The first kappa shape index (κ1) is 21.2. The predicted octanol–water partition coefficient (Wildman–Crippen LogP) is 3.26. The highest BCUT2D eigenvalue weighted by molar-refractivity contribution is 14.0. The lowest BCUT2D eigenvalue weighted by molar-refractivity contribution is 0.313. The number of benzene rings is 1. The molecule has 0 aliphatic heterocycles. The maximum absolute atomic E-state index is 4.67. The number of hydrogen-bond acceptors (Lipinski definition) is 2. The third kappa shape index (κ3) is 7.98. The number of hydrogen-bond donors (Lipinski definition) is 2. The molecule has 1 aromatic carbocycles. The van der Waals surface area contributed by atoms with Crippen molar-refractivity contribution >= 4 is 29.9 Å². The summed E-state index contributed by atoms with van der Waals surface area (Å²) in [5.41, 5.74) is 1.27. The Morgan fingerprint density at radius 2 is 1.77 bits per heavy atom. The van der Waals surface area contributed by atoms with Gasteiger partial charge in [0.25, 0.3) is 0 Å². The Hall–Kier alpha value is -0.820. The minimum atomic E-state index is 0. The third-order valence-electron chi connectivity index (χ3n) is 3.58. The van der Waals surface area contributed by atoms with Crippen LogP contribution in [-0.2, 0) is 0 Å². The van der Waals surface area contributed by atoms with E-state index in [1.807, 2.05) is 6.07 Å². The first-order valence-corrected chi connectivity index (χ1v) is 8.03. The van der Waals surface area contributed by atoms with Crippen LogP contribution < -0.4 is 10.6 Å². The molecule has 0 saturated heterocycles. The van der Waals surface area contributed by atoms with Gasteiger partial charge in [-0.1, -0.05) is 44.2 Å². The fourth-order valence-electron chi connectivity index (χ4n) is 2.19. The monoisotopic (exact) mass is 418 g/mol. The number of rotatable bonds is 8. The summed E-state index contributed by atoms with van der Waals surface area (Å²) in [4.78, 5) is 7.05. The van der Waals surface area contributed by atoms with E-state index in [1.165, 1.54) is 5.56 Å². The van der Waals surface area contributed by atoms with Crippen LogP contribution in [0.15, 0.2) is 35.3 Å². The Bertz CT molecular complexity index is 404. The molecule has 1 rings (SSSR count). The number of nitrogens with one attached hydrogen (secondary N) is 2. The Kier molecular flexibility index (Phi) is 12.2. The van der Waals surface area contributed by atoms with E-state index in [1.54, 1.807) is 0 Å². The van der Waals surface area contributed by atoms with E-state index >= 15 is 0 Å². The molecule has 0 saturated carbocycles. The summed E-state index contributed by atoms with van der Waals surface area (Å²) < 4.78 is 0. The average molecular weight is 418 g/mol. The van der Waals surface area contributed by atoms with Gasteiger partial charge in [0, 0.05) is 13.1 Å². The maximum Gasteiger partial charge on any atom is 0.191 e. The van der Waals surface area contributed by atoms with Crippen molar-refractivity contribution in [2.24, 2.45) is 4.99 Å². The van der Waals surface area contributed by atoms with E-state index in [-0.39, 0.29) is 30.0 Å². The number of likely N-dealkylation sites (N-methyl/N-ethyl adjacent to an activating group) is 1. The van der Waals surface area contributed by atoms with Crippen molar-refractivity contribution in [3.63, 3.8) is 0 Å². The summed E-state index contributed by atoms with van der Waals surface area (Å²) in [5, 5.41) is 6.78. The quantitative estimate of drug-likeness (QED) is 0.387. The van der Waals surface area contributed by atoms with Gasteiger partial charge in [-0.25, -0.2) is 0 Å². The molecule has 0 aliphatic rings. The van der Waals surface area contributed by atoms with Crippen molar-refractivity contribution in [1.82, 2.24) is 15.5 Å². The molecule has 1 atom stereocenters. The van der Waals surface area contributed by atoms with Gasteiger partial charge in [-0.15, -0.1) is 24.0 Å². The summed E-state index contributed by atoms with van der Waals surface area (Å²) >= 11 is 0. The van der Waals surface area contributed by atoms with Crippen molar-refractivity contribution in [3.8, 4) is 0 Å². The highest BCUT2D eigenvalue weighted by atomic mass is 127. The van der Waals surface area contributed by atoms with Crippen LogP contribution in [-0.4, -0.2) is 43.6 Å². The Balaban J connectivity index is 0.00000441. The molecular formula is C17H31IN4. The van der Waals surface area contributed by atoms with Gasteiger partial charge in [-0.2, -0.15) is 0 Å². The van der Waals surface area contributed by atoms with Gasteiger partial charge < -0.3 is 15.5 Å². The summed E-state index contributed by atoms with van der Waals surface area (Å²) in [7, 11) is 0. The van der Waals surface area contributed by atoms with Crippen molar-refractivity contribution in [2.75, 3.05) is 32.7 Å². The van der Waals surface area contributed by atoms with Crippen LogP contribution in [0.4, 0.5) is 0 Å². The topological polar surface area (TPSA) is 39.7 Å². The second kappa shape index (κ2) is 12.7. The van der Waals surface area contributed by atoms with E-state index in [0.717, 1.165) is 38.7 Å². The molecule has 0 bridgehead atoms. The van der Waals surface area contributed by atoms with Crippen LogP contribution in [0.3, 0.4) is 0 Å². The molecule has 0 amide bonds. The minimum absolute atomic E-state index is 0. The van der Waals surface area contributed by atoms with Crippen LogP contribution in [0.1, 0.15) is 39.3 Å². The zero-order valence-corrected chi connectivity index (χ0v) is 16.6. The molecule has 126 valence electrons. The second-order valence-corrected chi connectivity index (χ2v) is 5.06. The van der Waals surface area contributed by atoms with Gasteiger partial charge >= 0.3 is 0 Å². The van der Waals surface area contributed by atoms with Gasteiger partial charge in [-0.05, 0) is 32.5 Å². The number of halogens is 1. The summed E-state index contributed by atoms with van der Waals surface area (Å²) in [6, 6.07) is 10.7. The number of aliphatic imine (C=N–C) groups is 1. The molecule has 0 aromatic heterocycles. The zero-order chi connectivity index (χ0) is 15.5. The van der Waals surface area contributed by atoms with Crippen molar-refractivity contribution in [2.45, 2.75) is 33.7 Å². The number of nitrogens with zero attached hydrogens (tertiary/aromatic N) is 2. The molecule has 0 spiro atoms. The predicted molar refractivity (Wildman–Crippen MR) is 107 cm³/mol. The van der Waals surface area contributed by atoms with Crippen molar-refractivity contribution in [3.05, 3.63) is 35.9 Å². The fourth-order valence-corrected chi connectivity index (χ4v) is 2.19. The highest BCUT2D eigenvalue weighted by Crippen LogP contribution is 2.10. The van der Waals surface area contributed by atoms with Crippen LogP contribution >= 0.6 is 24.0 Å². The van der Waals surface area contributed by atoms with Crippen molar-refractivity contribution in [1.29, 1.82) is 0 Å². The first-order valence-electron chi connectivity index (χ1n) is 8.03. The average Bonchev–Trinajstić information content (AvgIpc) is 2.52. The van der Waals surface area contributed by atoms with E-state index in [2.05, 4.69) is 72.5 Å². The van der Waals surface area contributed by atoms with Gasteiger partial charge in [0.1, 0.15) is 0 Å². The third-order valence-corrected chi connectivity index (χ3v) is 3.58. The molecule has 2 N–H and O–H groups in total. The Morgan fingerprint density at radius 1 is 1.14 bits per heavy atom. The molecular weight excluding hydrogens is 387 g/mol. The van der Waals surface area contributed by atoms with E-state index in [4.69, 9.17) is 0 Å². The van der Waals surface area contributed by atoms with Gasteiger partial charge in [0.15, 0.2) is 5.96 Å². The zero-order valence-electron chi connectivity index (χ0n) is 14.3. The van der Waals surface area contributed by atoms with Crippen molar-refractivity contribution < 1.29 is 0 Å². The fraction of sp³-hybridized carbons (Fsp3) is 0.588. The molecule has 5 heteroatoms. The summed E-state index contributed by atoms with van der Waals surface area (Å²) in [5.74, 6) is 0.890. The smallest absolute Gasteiger partial charge is 0.191 e. The van der Waals surface area contributed by atoms with Gasteiger partial charge in [-0.3, -0.25) is 4.99 Å². The summed E-state index contributed by atoms with van der Waals surface area (Å²) in [6.07, 6.45) is 0. The lowest BCUT2D eigenvalue weighted by Gasteiger charge is -2.19. The lowest BCUT2D eigenvalue weighted by atomic mass is 10.1. The second-order valence-electron chi connectivity index (χ2n) is 5.06. The molecule has 22 heavy (non-hydrogen) atoms. The number of guanidine groups is 1. The largest absolute Gasteiger partial charge is 0.357 e. The maximum atomic E-state index is 4.67. The first-order chi connectivity index (χ1) is 10.2. The molecule has 1 aromatic rings. The molecule has 0 fully saturated rings. The van der Waals surface area contributed by atoms with Crippen LogP contribution in [0.25, 0.3) is 0 Å². The molecule has 0 aliphatic carbocycles. The lowest BCUT2D eigenvalue weighted by Crippen LogP contribution is -2.39. The Labute approximate surface area is 152 Å². The Morgan fingerprint density at radius 3 is 2.32 bits per heavy atom. The van der Waals surface area contributed by atoms with Gasteiger partial charge in [0.05, 0.1) is 12.6 Å². The molecule has 1 unspecified atom stereocenters.